The standard InChI is InChI=1S/C40H63N11O6/c1-23(2)20-29-34(53)46-27(15-10-18-44-39(42)43)33(52)47-28(14-8-9-17-41)38(57)51-19-11-16-31(51)36(55)48-30(21-24-22-45-26-13-7-6-12-25(24)26)35(54)50-32(37(56)49-29)40(3,4)5/h6-7,12-13,22-23,27-32,45H,8-11,14-21,41H2,1-5H3,(H,46,53)(H,47,52)(H,48,55)(H,49,56)(H,50,54)(H4,42,43,44)/t27-,28-,29-,30-,31-,32+/m0/s1. The molecular formula is C40H63N11O6. The van der Waals surface area contributed by atoms with Crippen molar-refractivity contribution in [3.8, 4) is 0 Å². The van der Waals surface area contributed by atoms with Crippen LogP contribution in [0.4, 0.5) is 0 Å². The molecule has 3 heterocycles. The van der Waals surface area contributed by atoms with Gasteiger partial charge in [0, 0.05) is 36.6 Å². The van der Waals surface area contributed by atoms with Crippen molar-refractivity contribution in [1.29, 1.82) is 0 Å². The summed E-state index contributed by atoms with van der Waals surface area (Å²) in [7, 11) is 0. The molecule has 1 aromatic heterocycles. The van der Waals surface area contributed by atoms with E-state index in [1.54, 1.807) is 27.0 Å². The zero-order chi connectivity index (χ0) is 41.9. The maximum Gasteiger partial charge on any atom is 0.245 e. The molecule has 0 saturated carbocycles. The lowest BCUT2D eigenvalue weighted by Crippen LogP contribution is -2.63. The molecule has 2 fully saturated rings. The molecule has 0 spiro atoms. The van der Waals surface area contributed by atoms with Crippen molar-refractivity contribution in [1.82, 2.24) is 36.5 Å². The van der Waals surface area contributed by atoms with Crippen LogP contribution >= 0.6 is 0 Å². The number of hydrogen-bond donors (Lipinski definition) is 9. The first kappa shape index (κ1) is 44.5. The normalized spacial score (nSPS) is 24.5. The largest absolute Gasteiger partial charge is 0.370 e. The number of fused-ring (bicyclic) bond motifs is 2. The van der Waals surface area contributed by atoms with E-state index in [-0.39, 0.29) is 50.7 Å². The Labute approximate surface area is 334 Å². The van der Waals surface area contributed by atoms with Gasteiger partial charge in [-0.05, 0) is 80.9 Å². The van der Waals surface area contributed by atoms with Crippen molar-refractivity contribution in [2.45, 2.75) is 129 Å². The molecule has 314 valence electrons. The van der Waals surface area contributed by atoms with Crippen LogP contribution in [0.25, 0.3) is 10.9 Å². The summed E-state index contributed by atoms with van der Waals surface area (Å²) < 4.78 is 0. The molecule has 2 aliphatic rings. The van der Waals surface area contributed by atoms with Crippen molar-refractivity contribution < 1.29 is 28.8 Å². The lowest BCUT2D eigenvalue weighted by atomic mass is 9.85. The van der Waals surface area contributed by atoms with E-state index in [9.17, 15) is 28.8 Å². The summed E-state index contributed by atoms with van der Waals surface area (Å²) >= 11 is 0. The number of hydrogen-bond acceptors (Lipinski definition) is 8. The number of nitrogens with two attached hydrogens (primary N) is 3. The monoisotopic (exact) mass is 793 g/mol. The Morgan fingerprint density at radius 2 is 1.44 bits per heavy atom. The van der Waals surface area contributed by atoms with Crippen LogP contribution in [-0.4, -0.2) is 107 Å². The molecule has 0 radical (unpaired) electrons. The number of unbranched alkanes of at least 4 members (excludes halogenated alkanes) is 1. The molecule has 0 bridgehead atoms. The third-order valence-corrected chi connectivity index (χ3v) is 10.5. The molecule has 1 aromatic carbocycles. The Morgan fingerprint density at radius 3 is 2.12 bits per heavy atom. The second-order valence-electron chi connectivity index (χ2n) is 16.7. The first-order chi connectivity index (χ1) is 27.0. The molecule has 57 heavy (non-hydrogen) atoms. The van der Waals surface area contributed by atoms with E-state index in [2.05, 4.69) is 36.6 Å². The highest BCUT2D eigenvalue weighted by atomic mass is 16.2. The minimum Gasteiger partial charge on any atom is -0.370 e. The molecule has 4 rings (SSSR count). The Balaban J connectivity index is 1.78. The van der Waals surface area contributed by atoms with Gasteiger partial charge in [0.05, 0.1) is 0 Å². The highest BCUT2D eigenvalue weighted by Crippen LogP contribution is 2.24. The average Bonchev–Trinajstić information content (AvgIpc) is 3.80. The molecule has 17 heteroatoms. The third kappa shape index (κ3) is 12.4. The molecule has 2 aliphatic heterocycles. The summed E-state index contributed by atoms with van der Waals surface area (Å²) in [6.07, 6.45) is 4.75. The van der Waals surface area contributed by atoms with Crippen molar-refractivity contribution in [2.75, 3.05) is 19.6 Å². The quantitative estimate of drug-likeness (QED) is 0.0817. The fraction of sp³-hybridized carbons (Fsp3) is 0.625. The predicted octanol–water partition coefficient (Wildman–Crippen LogP) is 0.414. The van der Waals surface area contributed by atoms with Gasteiger partial charge in [0.25, 0.3) is 0 Å². The van der Waals surface area contributed by atoms with Gasteiger partial charge in [-0.25, -0.2) is 0 Å². The molecule has 2 aromatic rings. The van der Waals surface area contributed by atoms with E-state index < -0.39 is 77.1 Å². The number of nitrogens with one attached hydrogen (secondary N) is 6. The van der Waals surface area contributed by atoms with E-state index in [0.29, 0.717) is 38.6 Å². The minimum absolute atomic E-state index is 0.0514. The van der Waals surface area contributed by atoms with Crippen LogP contribution in [0, 0.1) is 11.3 Å². The fourth-order valence-electron chi connectivity index (χ4n) is 7.44. The van der Waals surface area contributed by atoms with Gasteiger partial charge >= 0.3 is 0 Å². The van der Waals surface area contributed by atoms with Crippen LogP contribution in [0.15, 0.2) is 35.5 Å². The maximum absolute atomic E-state index is 14.4. The Kier molecular flexibility index (Phi) is 15.9. The van der Waals surface area contributed by atoms with Gasteiger partial charge < -0.3 is 53.7 Å². The Hall–Kier alpha value is -5.19. The number of amides is 6. The number of nitrogens with zero attached hydrogens (tertiary/aromatic N) is 2. The average molecular weight is 794 g/mol. The maximum atomic E-state index is 14.4. The summed E-state index contributed by atoms with van der Waals surface area (Å²) in [4.78, 5) is 94.0. The van der Waals surface area contributed by atoms with Gasteiger partial charge in [0.2, 0.25) is 35.4 Å². The van der Waals surface area contributed by atoms with Crippen LogP contribution in [0.1, 0.15) is 91.5 Å². The van der Waals surface area contributed by atoms with E-state index in [0.717, 1.165) is 16.5 Å². The van der Waals surface area contributed by atoms with Gasteiger partial charge in [-0.15, -0.1) is 0 Å². The molecule has 12 N–H and O–H groups in total. The number of aromatic amines is 1. The van der Waals surface area contributed by atoms with Gasteiger partial charge in [-0.1, -0.05) is 52.8 Å². The zero-order valence-electron chi connectivity index (χ0n) is 34.0. The van der Waals surface area contributed by atoms with Crippen LogP contribution < -0.4 is 43.8 Å². The van der Waals surface area contributed by atoms with Gasteiger partial charge in [0.15, 0.2) is 5.96 Å². The molecule has 17 nitrogen and oxygen atoms in total. The van der Waals surface area contributed by atoms with Crippen molar-refractivity contribution in [2.24, 2.45) is 33.5 Å². The van der Waals surface area contributed by atoms with Crippen molar-refractivity contribution in [3.05, 3.63) is 36.0 Å². The number of carbonyl (C=O) groups excluding carboxylic acids is 6. The fourth-order valence-corrected chi connectivity index (χ4v) is 7.44. The highest BCUT2D eigenvalue weighted by molar-refractivity contribution is 5.99. The van der Waals surface area contributed by atoms with Crippen LogP contribution in [0.3, 0.4) is 0 Å². The van der Waals surface area contributed by atoms with Crippen LogP contribution in [-0.2, 0) is 35.2 Å². The first-order valence-electron chi connectivity index (χ1n) is 20.1. The lowest BCUT2D eigenvalue weighted by Gasteiger charge is -2.34. The van der Waals surface area contributed by atoms with Gasteiger partial charge in [-0.3, -0.25) is 33.8 Å². The second kappa shape index (κ2) is 20.3. The number of aliphatic imine (C=N–C) groups is 1. The van der Waals surface area contributed by atoms with Crippen molar-refractivity contribution in [3.63, 3.8) is 0 Å². The number of rotatable bonds is 12. The SMILES string of the molecule is CC(C)C[C@@H]1NC(=O)[C@H](C(C)(C)C)NC(=O)[C@H](Cc2c[nH]c3ccccc23)NC(=O)[C@@H]2CCCN2C(=O)[C@H](CCCCN)NC(=O)[C@H](CCCN=C(N)N)NC1=O. The molecule has 0 aliphatic carbocycles. The minimum atomic E-state index is -1.14. The molecule has 6 atom stereocenters. The highest BCUT2D eigenvalue weighted by Gasteiger charge is 2.42. The Bertz CT molecular complexity index is 1760. The predicted molar refractivity (Wildman–Crippen MR) is 218 cm³/mol. The topological polar surface area (TPSA) is 272 Å². The van der Waals surface area contributed by atoms with Gasteiger partial charge in [-0.2, -0.15) is 0 Å². The summed E-state index contributed by atoms with van der Waals surface area (Å²) in [6, 6.07) is 1.16. The lowest BCUT2D eigenvalue weighted by molar-refractivity contribution is -0.143. The number of aromatic nitrogens is 1. The van der Waals surface area contributed by atoms with E-state index in [1.165, 1.54) is 4.90 Å². The Morgan fingerprint density at radius 1 is 0.807 bits per heavy atom. The van der Waals surface area contributed by atoms with Crippen molar-refractivity contribution >= 4 is 52.3 Å². The molecule has 0 unspecified atom stereocenters. The van der Waals surface area contributed by atoms with E-state index >= 15 is 0 Å². The second-order valence-corrected chi connectivity index (χ2v) is 16.7. The molecule has 6 amide bonds. The summed E-state index contributed by atoms with van der Waals surface area (Å²) in [5, 5.41) is 15.2. The number of para-hydroxylation sites is 1. The number of guanidine groups is 1. The molecule has 2 saturated heterocycles. The van der Waals surface area contributed by atoms with Crippen LogP contribution in [0.5, 0.6) is 0 Å². The van der Waals surface area contributed by atoms with Gasteiger partial charge in [0.1, 0.15) is 36.3 Å². The summed E-state index contributed by atoms with van der Waals surface area (Å²) in [5.74, 6) is -3.54. The van der Waals surface area contributed by atoms with E-state index in [4.69, 9.17) is 17.2 Å². The van der Waals surface area contributed by atoms with Crippen LogP contribution in [0.2, 0.25) is 0 Å². The number of benzene rings is 1. The van der Waals surface area contributed by atoms with E-state index in [1.807, 2.05) is 38.1 Å². The molecular weight excluding hydrogens is 731 g/mol. The number of H-pyrrole nitrogens is 1. The smallest absolute Gasteiger partial charge is 0.245 e. The summed E-state index contributed by atoms with van der Waals surface area (Å²) in [6.45, 7) is 9.99. The number of carbonyl (C=O) groups is 6. The third-order valence-electron chi connectivity index (χ3n) is 10.5. The summed E-state index contributed by atoms with van der Waals surface area (Å²) in [5.41, 5.74) is 17.6. The zero-order valence-corrected chi connectivity index (χ0v) is 34.0. The first-order valence-corrected chi connectivity index (χ1v) is 20.1.